The van der Waals surface area contributed by atoms with Gasteiger partial charge in [0.1, 0.15) is 0 Å². The summed E-state index contributed by atoms with van der Waals surface area (Å²) in [5.74, 6) is 1.33. The summed E-state index contributed by atoms with van der Waals surface area (Å²) < 4.78 is 0. The first-order chi connectivity index (χ1) is 15.7. The van der Waals surface area contributed by atoms with Crippen molar-refractivity contribution in [3.63, 3.8) is 0 Å². The van der Waals surface area contributed by atoms with E-state index in [0.717, 1.165) is 19.3 Å². The quantitative estimate of drug-likeness (QED) is 0.500. The summed E-state index contributed by atoms with van der Waals surface area (Å²) in [7, 11) is 0. The molecule has 3 N–H and O–H groups in total. The van der Waals surface area contributed by atoms with Crippen molar-refractivity contribution in [3.8, 4) is 0 Å². The minimum Gasteiger partial charge on any atom is -0.353 e. The van der Waals surface area contributed by atoms with Gasteiger partial charge in [-0.15, -0.1) is 0 Å². The van der Waals surface area contributed by atoms with E-state index in [1.165, 1.54) is 25.3 Å². The first-order valence-electron chi connectivity index (χ1n) is 12.4. The van der Waals surface area contributed by atoms with Crippen molar-refractivity contribution in [2.75, 3.05) is 11.9 Å². The zero-order chi connectivity index (χ0) is 24.0. The van der Waals surface area contributed by atoms with Crippen LogP contribution in [0.4, 0.5) is 5.69 Å². The SMILES string of the molecule is CC(=O)Nc1ccc(C(=O)NC[C@@H]2C=C(C)[C@H](CC(=O)NC3CCCC3)C[C@H]2C(C)C)cc1. The first-order valence-corrected chi connectivity index (χ1v) is 12.4. The molecule has 1 saturated carbocycles. The van der Waals surface area contributed by atoms with Gasteiger partial charge in [-0.25, -0.2) is 0 Å². The number of anilines is 1. The largest absolute Gasteiger partial charge is 0.353 e. The zero-order valence-electron chi connectivity index (χ0n) is 20.4. The molecule has 33 heavy (non-hydrogen) atoms. The van der Waals surface area contributed by atoms with E-state index >= 15 is 0 Å². The van der Waals surface area contributed by atoms with E-state index < -0.39 is 0 Å². The number of carbonyl (C=O) groups excluding carboxylic acids is 3. The second-order valence-electron chi connectivity index (χ2n) is 10.1. The van der Waals surface area contributed by atoms with Crippen molar-refractivity contribution >= 4 is 23.4 Å². The van der Waals surface area contributed by atoms with Crippen LogP contribution in [-0.4, -0.2) is 30.3 Å². The van der Waals surface area contributed by atoms with Gasteiger partial charge in [-0.3, -0.25) is 14.4 Å². The third kappa shape index (κ3) is 7.18. The Hall–Kier alpha value is -2.63. The monoisotopic (exact) mass is 453 g/mol. The molecule has 0 saturated heterocycles. The van der Waals surface area contributed by atoms with Crippen LogP contribution in [-0.2, 0) is 9.59 Å². The summed E-state index contributed by atoms with van der Waals surface area (Å²) in [6, 6.07) is 7.28. The summed E-state index contributed by atoms with van der Waals surface area (Å²) in [6.07, 6.45) is 8.47. The van der Waals surface area contributed by atoms with Crippen LogP contribution in [0, 0.1) is 23.7 Å². The lowest BCUT2D eigenvalue weighted by Gasteiger charge is -2.37. The maximum absolute atomic E-state index is 12.7. The summed E-state index contributed by atoms with van der Waals surface area (Å²) in [5.41, 5.74) is 2.50. The lowest BCUT2D eigenvalue weighted by atomic mass is 9.69. The Labute approximate surface area is 198 Å². The van der Waals surface area contributed by atoms with Crippen LogP contribution in [0.2, 0.25) is 0 Å². The maximum Gasteiger partial charge on any atom is 0.251 e. The van der Waals surface area contributed by atoms with Crippen LogP contribution in [0.15, 0.2) is 35.9 Å². The first kappa shape index (κ1) is 25.0. The molecule has 3 amide bonds. The lowest BCUT2D eigenvalue weighted by molar-refractivity contribution is -0.122. The van der Waals surface area contributed by atoms with Gasteiger partial charge in [0.15, 0.2) is 0 Å². The van der Waals surface area contributed by atoms with Crippen molar-refractivity contribution in [2.24, 2.45) is 23.7 Å². The molecule has 1 aromatic rings. The number of carbonyl (C=O) groups is 3. The molecule has 180 valence electrons. The van der Waals surface area contributed by atoms with Crippen molar-refractivity contribution < 1.29 is 14.4 Å². The Kier molecular flexibility index (Phi) is 8.70. The Morgan fingerprint density at radius 3 is 2.33 bits per heavy atom. The Bertz CT molecular complexity index is 869. The minimum atomic E-state index is -0.138. The molecule has 0 heterocycles. The molecule has 0 radical (unpaired) electrons. The van der Waals surface area contributed by atoms with Crippen LogP contribution >= 0.6 is 0 Å². The topological polar surface area (TPSA) is 87.3 Å². The van der Waals surface area contributed by atoms with E-state index in [2.05, 4.69) is 42.8 Å². The number of allylic oxidation sites excluding steroid dienone is 1. The molecule has 0 spiro atoms. The third-order valence-electron chi connectivity index (χ3n) is 7.20. The number of nitrogens with one attached hydrogen (secondary N) is 3. The van der Waals surface area contributed by atoms with Crippen LogP contribution in [0.1, 0.15) is 76.6 Å². The van der Waals surface area contributed by atoms with E-state index in [1.54, 1.807) is 24.3 Å². The van der Waals surface area contributed by atoms with Gasteiger partial charge >= 0.3 is 0 Å². The normalized spacial score (nSPS) is 23.2. The molecule has 2 aliphatic carbocycles. The Morgan fingerprint density at radius 1 is 1.06 bits per heavy atom. The van der Waals surface area contributed by atoms with Crippen molar-refractivity contribution in [3.05, 3.63) is 41.5 Å². The molecular formula is C27H39N3O3. The lowest BCUT2D eigenvalue weighted by Crippen LogP contribution is -2.38. The van der Waals surface area contributed by atoms with Crippen LogP contribution < -0.4 is 16.0 Å². The highest BCUT2D eigenvalue weighted by Crippen LogP contribution is 2.38. The fraction of sp³-hybridized carbons (Fsp3) is 0.593. The Balaban J connectivity index is 1.58. The number of hydrogen-bond donors (Lipinski definition) is 3. The molecule has 0 aromatic heterocycles. The van der Waals surface area contributed by atoms with Crippen LogP contribution in [0.5, 0.6) is 0 Å². The highest BCUT2D eigenvalue weighted by molar-refractivity contribution is 5.95. The van der Waals surface area contributed by atoms with Crippen LogP contribution in [0.3, 0.4) is 0 Å². The third-order valence-corrected chi connectivity index (χ3v) is 7.20. The number of hydrogen-bond acceptors (Lipinski definition) is 3. The van der Waals surface area contributed by atoms with E-state index in [0.29, 0.717) is 42.1 Å². The molecule has 0 aliphatic heterocycles. The summed E-state index contributed by atoms with van der Waals surface area (Å²) in [6.45, 7) is 8.61. The van der Waals surface area contributed by atoms with Crippen LogP contribution in [0.25, 0.3) is 0 Å². The van der Waals surface area contributed by atoms with Crippen molar-refractivity contribution in [1.29, 1.82) is 0 Å². The smallest absolute Gasteiger partial charge is 0.251 e. The van der Waals surface area contributed by atoms with Gasteiger partial charge in [0.05, 0.1) is 0 Å². The molecule has 3 rings (SSSR count). The number of rotatable bonds is 8. The van der Waals surface area contributed by atoms with Gasteiger partial charge in [-0.2, -0.15) is 0 Å². The molecule has 6 heteroatoms. The molecule has 2 aliphatic rings. The second-order valence-corrected chi connectivity index (χ2v) is 10.1. The van der Waals surface area contributed by atoms with Gasteiger partial charge in [0.2, 0.25) is 11.8 Å². The predicted molar refractivity (Wildman–Crippen MR) is 132 cm³/mol. The Morgan fingerprint density at radius 2 is 1.73 bits per heavy atom. The van der Waals surface area contributed by atoms with Gasteiger partial charge in [0, 0.05) is 37.2 Å². The minimum absolute atomic E-state index is 0.115. The predicted octanol–water partition coefficient (Wildman–Crippen LogP) is 4.68. The van der Waals surface area contributed by atoms with E-state index in [-0.39, 0.29) is 29.6 Å². The summed E-state index contributed by atoms with van der Waals surface area (Å²) >= 11 is 0. The van der Waals surface area contributed by atoms with E-state index in [1.807, 2.05) is 0 Å². The molecule has 3 atom stereocenters. The zero-order valence-corrected chi connectivity index (χ0v) is 20.4. The molecule has 1 fully saturated rings. The van der Waals surface area contributed by atoms with Gasteiger partial charge in [-0.1, -0.05) is 38.3 Å². The average molecular weight is 454 g/mol. The fourth-order valence-corrected chi connectivity index (χ4v) is 5.31. The highest BCUT2D eigenvalue weighted by atomic mass is 16.2. The number of amides is 3. The average Bonchev–Trinajstić information content (AvgIpc) is 3.26. The van der Waals surface area contributed by atoms with Crippen molar-refractivity contribution in [2.45, 2.75) is 72.3 Å². The maximum atomic E-state index is 12.7. The number of benzene rings is 1. The molecular weight excluding hydrogens is 414 g/mol. The van der Waals surface area contributed by atoms with E-state index in [4.69, 9.17) is 0 Å². The van der Waals surface area contributed by atoms with Gasteiger partial charge in [-0.05, 0) is 74.1 Å². The second kappa shape index (κ2) is 11.5. The van der Waals surface area contributed by atoms with E-state index in [9.17, 15) is 14.4 Å². The molecule has 1 aromatic carbocycles. The standard InChI is InChI=1S/C27H39N3O3/c1-17(2)25-14-21(15-26(32)30-23-7-5-6-8-23)18(3)13-22(25)16-28-27(33)20-9-11-24(12-10-20)29-19(4)31/h9-13,17,21-23,25H,5-8,14-16H2,1-4H3,(H,28,33)(H,29,31)(H,30,32)/t21-,22-,25-/m0/s1. The van der Waals surface area contributed by atoms with Crippen molar-refractivity contribution in [1.82, 2.24) is 10.6 Å². The molecule has 0 unspecified atom stereocenters. The fourth-order valence-electron chi connectivity index (χ4n) is 5.31. The van der Waals surface area contributed by atoms with Gasteiger partial charge < -0.3 is 16.0 Å². The molecule has 0 bridgehead atoms. The van der Waals surface area contributed by atoms with Gasteiger partial charge in [0.25, 0.3) is 5.91 Å². The molecule has 6 nitrogen and oxygen atoms in total. The summed E-state index contributed by atoms with van der Waals surface area (Å²) in [5, 5.41) is 9.02. The highest BCUT2D eigenvalue weighted by Gasteiger charge is 2.33. The summed E-state index contributed by atoms with van der Waals surface area (Å²) in [4.78, 5) is 36.5.